The Labute approximate surface area is 42.4 Å². The molecular formula is C3H10N2O2. The van der Waals surface area contributed by atoms with Crippen molar-refractivity contribution in [3.63, 3.8) is 0 Å². The van der Waals surface area contributed by atoms with Gasteiger partial charge in [0.15, 0.2) is 0 Å². The number of aliphatic hydroxyl groups excluding tert-OH is 1. The Morgan fingerprint density at radius 1 is 1.71 bits per heavy atom. The van der Waals surface area contributed by atoms with Crippen LogP contribution in [-0.2, 0) is 4.94 Å². The highest BCUT2D eigenvalue weighted by Crippen LogP contribution is 1.65. The molecule has 0 aromatic carbocycles. The highest BCUT2D eigenvalue weighted by Gasteiger charge is 1.87. The Kier molecular flexibility index (Phi) is 3.92. The molecule has 1 atom stereocenters. The summed E-state index contributed by atoms with van der Waals surface area (Å²) < 4.78 is 0. The van der Waals surface area contributed by atoms with Crippen molar-refractivity contribution in [2.75, 3.05) is 7.05 Å². The zero-order valence-electron chi connectivity index (χ0n) is 4.43. The fourth-order valence-electron chi connectivity index (χ4n) is 0.144. The van der Waals surface area contributed by atoms with Gasteiger partial charge in [0.2, 0.25) is 0 Å². The van der Waals surface area contributed by atoms with Crippen LogP contribution in [0.2, 0.25) is 0 Å². The molecule has 7 heavy (non-hydrogen) atoms. The van der Waals surface area contributed by atoms with Crippen molar-refractivity contribution in [1.82, 2.24) is 11.0 Å². The monoisotopic (exact) mass is 106 g/mol. The third-order valence-electron chi connectivity index (χ3n) is 0.332. The summed E-state index contributed by atoms with van der Waals surface area (Å²) in [6.07, 6.45) is -0.632. The second-order valence-electron chi connectivity index (χ2n) is 1.10. The first kappa shape index (κ1) is 6.84. The number of hydrogen-bond acceptors (Lipinski definition) is 4. The summed E-state index contributed by atoms with van der Waals surface area (Å²) in [5.41, 5.74) is 4.57. The topological polar surface area (TPSA) is 53.5 Å². The molecule has 0 aliphatic carbocycles. The van der Waals surface area contributed by atoms with E-state index < -0.39 is 6.23 Å². The first-order valence-corrected chi connectivity index (χ1v) is 2.03. The smallest absolute Gasteiger partial charge is 0.126 e. The maximum absolute atomic E-state index is 8.41. The first-order chi connectivity index (χ1) is 3.27. The Hall–Kier alpha value is -0.160. The molecule has 0 heterocycles. The Morgan fingerprint density at radius 3 is 2.43 bits per heavy atom. The number of rotatable bonds is 3. The summed E-state index contributed by atoms with van der Waals surface area (Å²) >= 11 is 0. The SMILES string of the molecule is CNONC(C)O. The molecule has 0 amide bonds. The fourth-order valence-corrected chi connectivity index (χ4v) is 0.144. The molecule has 3 N–H and O–H groups in total. The van der Waals surface area contributed by atoms with Crippen molar-refractivity contribution < 1.29 is 10.0 Å². The van der Waals surface area contributed by atoms with E-state index in [2.05, 4.69) is 15.9 Å². The van der Waals surface area contributed by atoms with Crippen LogP contribution in [0.4, 0.5) is 0 Å². The zero-order chi connectivity index (χ0) is 5.70. The predicted molar refractivity (Wildman–Crippen MR) is 25.0 cm³/mol. The summed E-state index contributed by atoms with van der Waals surface area (Å²) in [5.74, 6) is 0. The average Bonchev–Trinajstić information content (AvgIpc) is 1.61. The molecular weight excluding hydrogens is 96.0 g/mol. The lowest BCUT2D eigenvalue weighted by atomic mass is 10.7. The predicted octanol–water partition coefficient (Wildman–Crippen LogP) is -1.02. The van der Waals surface area contributed by atoms with Crippen LogP contribution in [0.1, 0.15) is 6.92 Å². The maximum Gasteiger partial charge on any atom is 0.126 e. The van der Waals surface area contributed by atoms with Gasteiger partial charge in [-0.25, -0.2) is 4.94 Å². The van der Waals surface area contributed by atoms with Gasteiger partial charge in [0.1, 0.15) is 6.23 Å². The van der Waals surface area contributed by atoms with Crippen molar-refractivity contribution >= 4 is 0 Å². The molecule has 0 aliphatic heterocycles. The second-order valence-corrected chi connectivity index (χ2v) is 1.10. The van der Waals surface area contributed by atoms with Crippen LogP contribution < -0.4 is 11.0 Å². The van der Waals surface area contributed by atoms with E-state index in [9.17, 15) is 0 Å². The van der Waals surface area contributed by atoms with E-state index in [4.69, 9.17) is 5.11 Å². The molecule has 44 valence electrons. The van der Waals surface area contributed by atoms with Crippen molar-refractivity contribution in [2.45, 2.75) is 13.2 Å². The van der Waals surface area contributed by atoms with E-state index >= 15 is 0 Å². The Morgan fingerprint density at radius 2 is 2.29 bits per heavy atom. The minimum absolute atomic E-state index is 0.632. The van der Waals surface area contributed by atoms with Crippen molar-refractivity contribution in [3.8, 4) is 0 Å². The summed E-state index contributed by atoms with van der Waals surface area (Å²) in [5, 5.41) is 8.41. The molecule has 0 bridgehead atoms. The minimum Gasteiger partial charge on any atom is -0.377 e. The van der Waals surface area contributed by atoms with E-state index in [0.29, 0.717) is 0 Å². The zero-order valence-corrected chi connectivity index (χ0v) is 4.43. The normalized spacial score (nSPS) is 14.1. The third kappa shape index (κ3) is 5.84. The van der Waals surface area contributed by atoms with Gasteiger partial charge in [-0.2, -0.15) is 11.0 Å². The van der Waals surface area contributed by atoms with Crippen molar-refractivity contribution in [3.05, 3.63) is 0 Å². The van der Waals surface area contributed by atoms with Gasteiger partial charge >= 0.3 is 0 Å². The molecule has 0 aromatic heterocycles. The molecule has 0 saturated carbocycles. The average molecular weight is 106 g/mol. The second kappa shape index (κ2) is 4.01. The summed E-state index contributed by atoms with van der Waals surface area (Å²) in [4.78, 5) is 4.34. The van der Waals surface area contributed by atoms with Gasteiger partial charge in [-0.1, -0.05) is 0 Å². The molecule has 0 radical (unpaired) electrons. The van der Waals surface area contributed by atoms with E-state index in [1.807, 2.05) is 0 Å². The van der Waals surface area contributed by atoms with E-state index in [0.717, 1.165) is 0 Å². The summed E-state index contributed by atoms with van der Waals surface area (Å²) in [7, 11) is 1.59. The molecule has 4 heteroatoms. The van der Waals surface area contributed by atoms with Crippen LogP contribution in [0, 0.1) is 0 Å². The summed E-state index contributed by atoms with van der Waals surface area (Å²) in [6.45, 7) is 1.55. The van der Waals surface area contributed by atoms with Crippen LogP contribution in [0.15, 0.2) is 0 Å². The highest BCUT2D eigenvalue weighted by molar-refractivity contribution is 4.22. The molecule has 0 aromatic rings. The van der Waals surface area contributed by atoms with Gasteiger partial charge < -0.3 is 5.11 Å². The third-order valence-corrected chi connectivity index (χ3v) is 0.332. The molecule has 0 aliphatic rings. The van der Waals surface area contributed by atoms with E-state index in [1.54, 1.807) is 14.0 Å². The maximum atomic E-state index is 8.41. The Balaban J connectivity index is 2.68. The molecule has 4 nitrogen and oxygen atoms in total. The Bertz CT molecular complexity index is 39.9. The lowest BCUT2D eigenvalue weighted by Gasteiger charge is -2.03. The number of hydroxylamine groups is 2. The summed E-state index contributed by atoms with van der Waals surface area (Å²) in [6, 6.07) is 0. The van der Waals surface area contributed by atoms with Crippen LogP contribution in [-0.4, -0.2) is 18.4 Å². The van der Waals surface area contributed by atoms with Crippen molar-refractivity contribution in [1.29, 1.82) is 0 Å². The van der Waals surface area contributed by atoms with Gasteiger partial charge in [0.05, 0.1) is 0 Å². The van der Waals surface area contributed by atoms with Crippen LogP contribution in [0.3, 0.4) is 0 Å². The first-order valence-electron chi connectivity index (χ1n) is 2.03. The molecule has 1 unspecified atom stereocenters. The number of hydrogen-bond donors (Lipinski definition) is 3. The standard InChI is InChI=1S/C3H10N2O2/c1-3(6)5-7-4-2/h3-6H,1-2H3. The quantitative estimate of drug-likeness (QED) is 0.318. The van der Waals surface area contributed by atoms with Crippen molar-refractivity contribution in [2.24, 2.45) is 0 Å². The minimum atomic E-state index is -0.632. The lowest BCUT2D eigenvalue weighted by Crippen LogP contribution is -2.30. The number of aliphatic hydroxyl groups is 1. The van der Waals surface area contributed by atoms with E-state index in [1.165, 1.54) is 0 Å². The van der Waals surface area contributed by atoms with Gasteiger partial charge in [-0.3, -0.25) is 0 Å². The van der Waals surface area contributed by atoms with E-state index in [-0.39, 0.29) is 0 Å². The highest BCUT2D eigenvalue weighted by atomic mass is 16.8. The van der Waals surface area contributed by atoms with Gasteiger partial charge in [0.25, 0.3) is 0 Å². The molecule has 0 fully saturated rings. The van der Waals surface area contributed by atoms with Crippen LogP contribution >= 0.6 is 0 Å². The molecule has 0 spiro atoms. The van der Waals surface area contributed by atoms with Crippen LogP contribution in [0.5, 0.6) is 0 Å². The van der Waals surface area contributed by atoms with Crippen LogP contribution in [0.25, 0.3) is 0 Å². The van der Waals surface area contributed by atoms with Gasteiger partial charge in [0, 0.05) is 7.05 Å². The fraction of sp³-hybridized carbons (Fsp3) is 1.00. The number of nitrogens with one attached hydrogen (secondary N) is 2. The lowest BCUT2D eigenvalue weighted by molar-refractivity contribution is -0.0924. The van der Waals surface area contributed by atoms with Gasteiger partial charge in [-0.05, 0) is 6.92 Å². The molecule has 0 saturated heterocycles. The van der Waals surface area contributed by atoms with Gasteiger partial charge in [-0.15, -0.1) is 0 Å². The molecule has 0 rings (SSSR count). The largest absolute Gasteiger partial charge is 0.377 e.